The summed E-state index contributed by atoms with van der Waals surface area (Å²) < 4.78 is 5.66. The van der Waals surface area contributed by atoms with Gasteiger partial charge in [0, 0.05) is 17.1 Å². The normalized spacial score (nSPS) is 18.4. The largest absolute Gasteiger partial charge is 0.469 e. The molecule has 1 aliphatic rings. The predicted octanol–water partition coefficient (Wildman–Crippen LogP) is 3.24. The Morgan fingerprint density at radius 1 is 1.55 bits per heavy atom. The van der Waals surface area contributed by atoms with Crippen LogP contribution in [0.1, 0.15) is 31.2 Å². The average Bonchev–Trinajstić information content (AvgIpc) is 2.47. The third-order valence-corrected chi connectivity index (χ3v) is 4.14. The zero-order valence-electron chi connectivity index (χ0n) is 11.4. The van der Waals surface area contributed by atoms with E-state index in [0.29, 0.717) is 12.0 Å². The Balaban J connectivity index is 2.28. The third-order valence-electron chi connectivity index (χ3n) is 3.65. The molecule has 1 saturated heterocycles. The first-order chi connectivity index (χ1) is 9.65. The second kappa shape index (κ2) is 6.76. The van der Waals surface area contributed by atoms with Crippen LogP contribution in [0.3, 0.4) is 0 Å². The van der Waals surface area contributed by atoms with Crippen LogP contribution in [0.2, 0.25) is 0 Å². The van der Waals surface area contributed by atoms with Crippen molar-refractivity contribution < 1.29 is 9.53 Å². The molecule has 1 aromatic carbocycles. The van der Waals surface area contributed by atoms with Gasteiger partial charge in [-0.3, -0.25) is 4.79 Å². The minimum atomic E-state index is -0.197. The zero-order chi connectivity index (χ0) is 14.5. The fourth-order valence-corrected chi connectivity index (χ4v) is 3.01. The molecule has 1 atom stereocenters. The average molecular weight is 337 g/mol. The number of nitrogens with zero attached hydrogens (tertiary/aromatic N) is 2. The molecule has 5 heteroatoms. The van der Waals surface area contributed by atoms with Crippen molar-refractivity contribution in [1.82, 2.24) is 0 Å². The molecule has 4 nitrogen and oxygen atoms in total. The molecule has 2 rings (SSSR count). The van der Waals surface area contributed by atoms with Gasteiger partial charge in [-0.25, -0.2) is 0 Å². The second-order valence-corrected chi connectivity index (χ2v) is 5.81. The van der Waals surface area contributed by atoms with Gasteiger partial charge >= 0.3 is 5.97 Å². The van der Waals surface area contributed by atoms with Gasteiger partial charge in [0.05, 0.1) is 24.8 Å². The highest BCUT2D eigenvalue weighted by atomic mass is 79.9. The van der Waals surface area contributed by atoms with Crippen molar-refractivity contribution in [1.29, 1.82) is 5.26 Å². The molecule has 1 unspecified atom stereocenters. The lowest BCUT2D eigenvalue weighted by atomic mass is 9.97. The highest BCUT2D eigenvalue weighted by molar-refractivity contribution is 9.10. The van der Waals surface area contributed by atoms with Crippen LogP contribution in [0.25, 0.3) is 0 Å². The van der Waals surface area contributed by atoms with Gasteiger partial charge in [-0.2, -0.15) is 5.26 Å². The fraction of sp³-hybridized carbons (Fsp3) is 0.467. The van der Waals surface area contributed by atoms with Gasteiger partial charge in [0.25, 0.3) is 0 Å². The third kappa shape index (κ3) is 3.31. The quantitative estimate of drug-likeness (QED) is 0.795. The number of benzene rings is 1. The lowest BCUT2D eigenvalue weighted by molar-refractivity contribution is -0.141. The number of nitriles is 1. The molecular weight excluding hydrogens is 320 g/mol. The highest BCUT2D eigenvalue weighted by Gasteiger charge is 2.26. The first-order valence-electron chi connectivity index (χ1n) is 6.69. The van der Waals surface area contributed by atoms with Crippen molar-refractivity contribution in [2.24, 2.45) is 0 Å². The highest BCUT2D eigenvalue weighted by Crippen LogP contribution is 2.31. The number of piperidine rings is 1. The minimum absolute atomic E-state index is 0.115. The summed E-state index contributed by atoms with van der Waals surface area (Å²) in [6.45, 7) is 0.873. The summed E-state index contributed by atoms with van der Waals surface area (Å²) in [6, 6.07) is 8.04. The number of halogens is 1. The van der Waals surface area contributed by atoms with E-state index in [4.69, 9.17) is 4.74 Å². The van der Waals surface area contributed by atoms with Crippen LogP contribution in [0.4, 0.5) is 5.69 Å². The molecule has 0 N–H and O–H groups in total. The minimum Gasteiger partial charge on any atom is -0.469 e. The number of carbonyl (C=O) groups is 1. The van der Waals surface area contributed by atoms with E-state index < -0.39 is 0 Å². The summed E-state index contributed by atoms with van der Waals surface area (Å²) in [5, 5.41) is 9.30. The summed E-state index contributed by atoms with van der Waals surface area (Å²) >= 11 is 3.38. The molecule has 0 spiro atoms. The second-order valence-electron chi connectivity index (χ2n) is 4.90. The van der Waals surface area contributed by atoms with E-state index in [1.807, 2.05) is 18.2 Å². The summed E-state index contributed by atoms with van der Waals surface area (Å²) in [5.41, 5.74) is 1.54. The first-order valence-corrected chi connectivity index (χ1v) is 7.48. The van der Waals surface area contributed by atoms with Crippen molar-refractivity contribution in [2.45, 2.75) is 31.7 Å². The van der Waals surface area contributed by atoms with E-state index >= 15 is 0 Å². The van der Waals surface area contributed by atoms with Crippen molar-refractivity contribution in [3.63, 3.8) is 0 Å². The number of hydrogen-bond acceptors (Lipinski definition) is 4. The first kappa shape index (κ1) is 14.9. The van der Waals surface area contributed by atoms with Gasteiger partial charge in [-0.05, 0) is 37.5 Å². The standard InChI is InChI=1S/C15H17BrN2O2/c1-20-15(19)9-13-4-2-3-7-18(13)14-6-5-12(16)8-11(14)10-17/h5-6,8,13H,2-4,7,9H2,1H3. The maximum atomic E-state index is 11.5. The fourth-order valence-electron chi connectivity index (χ4n) is 2.65. The maximum Gasteiger partial charge on any atom is 0.307 e. The van der Waals surface area contributed by atoms with Crippen molar-refractivity contribution in [3.8, 4) is 6.07 Å². The molecule has 1 aromatic rings. The van der Waals surface area contributed by atoms with Crippen LogP contribution in [0.5, 0.6) is 0 Å². The topological polar surface area (TPSA) is 53.3 Å². The molecule has 0 radical (unpaired) electrons. The molecular formula is C15H17BrN2O2. The Bertz CT molecular complexity index is 539. The molecule has 0 saturated carbocycles. The Hall–Kier alpha value is -1.54. The number of ether oxygens (including phenoxy) is 1. The number of rotatable bonds is 3. The number of carbonyl (C=O) groups excluding carboxylic acids is 1. The van der Waals surface area contributed by atoms with Crippen LogP contribution in [-0.4, -0.2) is 25.7 Å². The van der Waals surface area contributed by atoms with Gasteiger partial charge in [0.1, 0.15) is 6.07 Å². The van der Waals surface area contributed by atoms with Gasteiger partial charge in [0.2, 0.25) is 0 Å². The van der Waals surface area contributed by atoms with Crippen LogP contribution in [-0.2, 0) is 9.53 Å². The van der Waals surface area contributed by atoms with Crippen LogP contribution in [0.15, 0.2) is 22.7 Å². The Kier molecular flexibility index (Phi) is 5.02. The molecule has 0 aromatic heterocycles. The van der Waals surface area contributed by atoms with E-state index in [0.717, 1.165) is 36.0 Å². The molecule has 1 aliphatic heterocycles. The smallest absolute Gasteiger partial charge is 0.307 e. The zero-order valence-corrected chi connectivity index (χ0v) is 13.0. The molecule has 20 heavy (non-hydrogen) atoms. The van der Waals surface area contributed by atoms with E-state index in [9.17, 15) is 10.1 Å². The van der Waals surface area contributed by atoms with E-state index in [-0.39, 0.29) is 12.0 Å². The predicted molar refractivity (Wildman–Crippen MR) is 80.5 cm³/mol. The van der Waals surface area contributed by atoms with Crippen LogP contribution < -0.4 is 4.90 Å². The van der Waals surface area contributed by atoms with E-state index in [2.05, 4.69) is 26.9 Å². The SMILES string of the molecule is COC(=O)CC1CCCCN1c1ccc(Br)cc1C#N. The Labute approximate surface area is 127 Å². The van der Waals surface area contributed by atoms with Gasteiger partial charge < -0.3 is 9.64 Å². The molecule has 106 valence electrons. The lowest BCUT2D eigenvalue weighted by Gasteiger charge is -2.37. The van der Waals surface area contributed by atoms with E-state index in [1.54, 1.807) is 0 Å². The van der Waals surface area contributed by atoms with Gasteiger partial charge in [-0.1, -0.05) is 15.9 Å². The van der Waals surface area contributed by atoms with E-state index in [1.165, 1.54) is 7.11 Å². The number of hydrogen-bond donors (Lipinski definition) is 0. The summed E-state index contributed by atoms with van der Waals surface area (Å²) in [7, 11) is 1.41. The monoisotopic (exact) mass is 336 g/mol. The van der Waals surface area contributed by atoms with Crippen LogP contribution >= 0.6 is 15.9 Å². The molecule has 0 aliphatic carbocycles. The summed E-state index contributed by atoms with van der Waals surface area (Å²) in [5.74, 6) is -0.197. The molecule has 0 amide bonds. The molecule has 1 heterocycles. The number of esters is 1. The lowest BCUT2D eigenvalue weighted by Crippen LogP contribution is -2.41. The Morgan fingerprint density at radius 3 is 3.05 bits per heavy atom. The maximum absolute atomic E-state index is 11.5. The summed E-state index contributed by atoms with van der Waals surface area (Å²) in [4.78, 5) is 13.7. The number of methoxy groups -OCH3 is 1. The molecule has 0 bridgehead atoms. The van der Waals surface area contributed by atoms with Crippen molar-refractivity contribution in [2.75, 3.05) is 18.6 Å². The molecule has 1 fully saturated rings. The van der Waals surface area contributed by atoms with Crippen molar-refractivity contribution in [3.05, 3.63) is 28.2 Å². The summed E-state index contributed by atoms with van der Waals surface area (Å²) in [6.07, 6.45) is 3.52. The van der Waals surface area contributed by atoms with Crippen molar-refractivity contribution >= 4 is 27.6 Å². The number of anilines is 1. The van der Waals surface area contributed by atoms with Gasteiger partial charge in [0.15, 0.2) is 0 Å². The van der Waals surface area contributed by atoms with Crippen LogP contribution in [0, 0.1) is 11.3 Å². The van der Waals surface area contributed by atoms with Gasteiger partial charge in [-0.15, -0.1) is 0 Å². The Morgan fingerprint density at radius 2 is 2.35 bits per heavy atom.